The highest BCUT2D eigenvalue weighted by molar-refractivity contribution is 7.15. The molecule has 1 N–H and O–H groups in total. The van der Waals surface area contributed by atoms with Crippen LogP contribution in [0.1, 0.15) is 30.8 Å². The molecule has 0 radical (unpaired) electrons. The normalized spacial score (nSPS) is 18.7. The molecule has 1 aromatic carbocycles. The lowest BCUT2D eigenvalue weighted by molar-refractivity contribution is -0.388. The number of hydrogen-bond donors (Lipinski definition) is 1. The van der Waals surface area contributed by atoms with Crippen LogP contribution in [0, 0.1) is 17.0 Å². The molecule has 36 heavy (non-hydrogen) atoms. The highest BCUT2D eigenvalue weighted by atomic mass is 32.1. The van der Waals surface area contributed by atoms with Crippen molar-refractivity contribution in [3.8, 4) is 0 Å². The van der Waals surface area contributed by atoms with Crippen LogP contribution in [0.2, 0.25) is 0 Å². The van der Waals surface area contributed by atoms with E-state index < -0.39 is 22.4 Å². The average molecular weight is 530 g/mol. The first-order valence-corrected chi connectivity index (χ1v) is 12.1. The molecule has 1 amide bonds. The highest BCUT2D eigenvalue weighted by Crippen LogP contribution is 2.37. The summed E-state index contributed by atoms with van der Waals surface area (Å²) in [7, 11) is 0. The van der Waals surface area contributed by atoms with Gasteiger partial charge in [0.2, 0.25) is 11.0 Å². The zero-order valence-electron chi connectivity index (χ0n) is 19.1. The van der Waals surface area contributed by atoms with Gasteiger partial charge in [-0.05, 0) is 25.5 Å². The van der Waals surface area contributed by atoms with Crippen LogP contribution in [-0.4, -0.2) is 82.7 Å². The first-order valence-electron chi connectivity index (χ1n) is 11.3. The minimum Gasteiger partial charge on any atom is -0.380 e. The molecule has 2 aliphatic heterocycles. The van der Waals surface area contributed by atoms with Crippen molar-refractivity contribution in [3.05, 3.63) is 38.9 Å². The Balaban J connectivity index is 0.00000361. The number of halogens is 3. The minimum atomic E-state index is -4.83. The van der Waals surface area contributed by atoms with E-state index in [9.17, 15) is 28.1 Å². The molecule has 2 aromatic rings. The fourth-order valence-electron chi connectivity index (χ4n) is 4.34. The Morgan fingerprint density at radius 2 is 1.94 bits per heavy atom. The number of amides is 1. The van der Waals surface area contributed by atoms with Gasteiger partial charge in [0.05, 0.1) is 4.92 Å². The van der Waals surface area contributed by atoms with Gasteiger partial charge in [0, 0.05) is 70.0 Å². The summed E-state index contributed by atoms with van der Waals surface area (Å²) in [6.07, 6.45) is -3.87. The van der Waals surface area contributed by atoms with Crippen LogP contribution in [0.5, 0.6) is 0 Å². The predicted octanol–water partition coefficient (Wildman–Crippen LogP) is 3.63. The zero-order chi connectivity index (χ0) is 25.2. The Kier molecular flexibility index (Phi) is 8.71. The third-order valence-corrected chi connectivity index (χ3v) is 7.11. The number of nitro benzene ring substituents is 1. The number of piperazine rings is 1. The van der Waals surface area contributed by atoms with Crippen molar-refractivity contribution in [1.29, 1.82) is 0 Å². The van der Waals surface area contributed by atoms with Crippen LogP contribution in [0.25, 0.3) is 0 Å². The summed E-state index contributed by atoms with van der Waals surface area (Å²) in [6.45, 7) is 6.78. The molecule has 0 saturated carbocycles. The minimum absolute atomic E-state index is 0. The molecule has 198 valence electrons. The summed E-state index contributed by atoms with van der Waals surface area (Å²) < 4.78 is 39.7. The summed E-state index contributed by atoms with van der Waals surface area (Å²) in [5.41, 5.74) is -2.13. The van der Waals surface area contributed by atoms with Crippen LogP contribution >= 0.6 is 11.3 Å². The lowest BCUT2D eigenvalue weighted by Crippen LogP contribution is -2.47. The second-order valence-electron chi connectivity index (χ2n) is 8.64. The second kappa shape index (κ2) is 11.4. The fraction of sp³-hybridized carbons (Fsp3) is 0.591. The van der Waals surface area contributed by atoms with Crippen molar-refractivity contribution in [3.63, 3.8) is 0 Å². The summed E-state index contributed by atoms with van der Waals surface area (Å²) in [4.78, 5) is 28.7. The maximum atomic E-state index is 13.2. The quantitative estimate of drug-likeness (QED) is 0.428. The van der Waals surface area contributed by atoms with Gasteiger partial charge in [-0.15, -0.1) is 10.2 Å². The lowest BCUT2D eigenvalue weighted by Gasteiger charge is -2.34. The van der Waals surface area contributed by atoms with Crippen molar-refractivity contribution in [2.75, 3.05) is 56.0 Å². The van der Waals surface area contributed by atoms with Gasteiger partial charge in [0.15, 0.2) is 0 Å². The number of benzene rings is 1. The lowest BCUT2D eigenvalue weighted by atomic mass is 10.1. The maximum absolute atomic E-state index is 13.2. The van der Waals surface area contributed by atoms with E-state index in [1.54, 1.807) is 16.2 Å². The number of aryl methyl sites for hydroxylation is 1. The van der Waals surface area contributed by atoms with Crippen LogP contribution in [0.15, 0.2) is 18.2 Å². The second-order valence-corrected chi connectivity index (χ2v) is 9.80. The molecular weight excluding hydrogens is 499 g/mol. The van der Waals surface area contributed by atoms with Gasteiger partial charge in [-0.2, -0.15) is 13.2 Å². The topological polar surface area (TPSA) is 108 Å². The largest absolute Gasteiger partial charge is 0.423 e. The van der Waals surface area contributed by atoms with E-state index in [0.717, 1.165) is 48.5 Å². The van der Waals surface area contributed by atoms with E-state index in [1.807, 2.05) is 6.92 Å². The van der Waals surface area contributed by atoms with Crippen molar-refractivity contribution in [2.45, 2.75) is 39.4 Å². The molecule has 3 heterocycles. The molecule has 10 nitrogen and oxygen atoms in total. The Hall–Kier alpha value is -3.00. The Bertz CT molecular complexity index is 1070. The van der Waals surface area contributed by atoms with Crippen molar-refractivity contribution in [1.82, 2.24) is 20.0 Å². The fourth-order valence-corrected chi connectivity index (χ4v) is 5.08. The number of nitro groups is 1. The van der Waals surface area contributed by atoms with Gasteiger partial charge in [-0.3, -0.25) is 19.8 Å². The van der Waals surface area contributed by atoms with E-state index in [4.69, 9.17) is 0 Å². The molecule has 0 unspecified atom stereocenters. The first kappa shape index (κ1) is 27.6. The summed E-state index contributed by atoms with van der Waals surface area (Å²) in [6, 6.07) is 2.65. The van der Waals surface area contributed by atoms with E-state index in [0.29, 0.717) is 32.5 Å². The van der Waals surface area contributed by atoms with Crippen LogP contribution < -0.4 is 10.2 Å². The summed E-state index contributed by atoms with van der Waals surface area (Å²) in [5.74, 6) is 0.0103. The number of nitrogens with one attached hydrogen (secondary N) is 1. The van der Waals surface area contributed by atoms with Gasteiger partial charge in [-0.25, -0.2) is 0 Å². The average Bonchev–Trinajstić information content (AvgIpc) is 3.46. The molecule has 2 saturated heterocycles. The smallest absolute Gasteiger partial charge is 0.380 e. The number of hydrogen-bond acceptors (Lipinski definition) is 9. The van der Waals surface area contributed by atoms with Crippen molar-refractivity contribution in [2.24, 2.45) is 0 Å². The van der Waals surface area contributed by atoms with Gasteiger partial charge in [0.1, 0.15) is 10.6 Å². The number of aromatic nitrogens is 2. The first-order chi connectivity index (χ1) is 16.6. The van der Waals surface area contributed by atoms with Gasteiger partial charge < -0.3 is 15.1 Å². The van der Waals surface area contributed by atoms with Crippen molar-refractivity contribution < 1.29 is 22.9 Å². The maximum Gasteiger partial charge on any atom is 0.423 e. The van der Waals surface area contributed by atoms with E-state index >= 15 is 0 Å². The molecule has 2 fully saturated rings. The van der Waals surface area contributed by atoms with Crippen LogP contribution in [-0.2, 0) is 11.0 Å². The Labute approximate surface area is 211 Å². The van der Waals surface area contributed by atoms with E-state index in [1.165, 1.54) is 6.07 Å². The molecule has 1 atom stereocenters. The number of carbonyl (C=O) groups excluding carboxylic acids is 1. The predicted molar refractivity (Wildman–Crippen MR) is 131 cm³/mol. The molecule has 2 aliphatic rings. The van der Waals surface area contributed by atoms with Gasteiger partial charge in [-0.1, -0.05) is 18.8 Å². The number of nitrogens with zero attached hydrogens (tertiary/aromatic N) is 6. The number of likely N-dealkylation sites (tertiary alicyclic amines) is 1. The summed E-state index contributed by atoms with van der Waals surface area (Å²) in [5, 5.41) is 24.0. The van der Waals surface area contributed by atoms with Gasteiger partial charge >= 0.3 is 6.18 Å². The van der Waals surface area contributed by atoms with Gasteiger partial charge in [0.25, 0.3) is 5.69 Å². The van der Waals surface area contributed by atoms with E-state index in [-0.39, 0.29) is 25.1 Å². The van der Waals surface area contributed by atoms with E-state index in [2.05, 4.69) is 25.3 Å². The van der Waals surface area contributed by atoms with Crippen LogP contribution in [0.3, 0.4) is 0 Å². The Morgan fingerprint density at radius 3 is 2.56 bits per heavy atom. The van der Waals surface area contributed by atoms with Crippen molar-refractivity contribution >= 4 is 33.8 Å². The summed E-state index contributed by atoms with van der Waals surface area (Å²) >= 11 is 1.57. The highest BCUT2D eigenvalue weighted by Gasteiger charge is 2.38. The third-order valence-electron chi connectivity index (χ3n) is 6.21. The number of anilines is 2. The third kappa shape index (κ3) is 6.60. The molecule has 0 aliphatic carbocycles. The monoisotopic (exact) mass is 529 g/mol. The number of alkyl halides is 3. The zero-order valence-corrected chi connectivity index (χ0v) is 19.9. The standard InChI is InChI=1S/C21H26F3N7O3S.CH4/c1-14-26-27-20(35-14)29-10-8-28(9-11-29)6-5-19(32)30-7-4-16(13-30)25-15-2-3-18(31(33)34)17(12-15)21(22,23)24;/h2-3,12,16,25H,4-11,13H2,1H3;1H4/t16-;/m0./s1. The number of rotatable bonds is 7. The molecule has 14 heteroatoms. The number of carbonyl (C=O) groups is 1. The molecular formula is C22H30F3N7O3S. The van der Waals surface area contributed by atoms with Crippen LogP contribution in [0.4, 0.5) is 29.7 Å². The molecule has 0 bridgehead atoms. The molecule has 0 spiro atoms. The Morgan fingerprint density at radius 1 is 1.22 bits per heavy atom. The molecule has 4 rings (SSSR count). The molecule has 1 aromatic heterocycles. The SMILES string of the molecule is C.Cc1nnc(N2CCN(CCC(=O)N3CC[C@H](Nc4ccc([N+](=O)[O-])c(C(F)(F)F)c4)C3)CC2)s1.